The predicted octanol–water partition coefficient (Wildman–Crippen LogP) is 2.62. The average Bonchev–Trinajstić information content (AvgIpc) is 2.86. The molecule has 3 heteroatoms. The lowest BCUT2D eigenvalue weighted by molar-refractivity contribution is 0.0893. The van der Waals surface area contributed by atoms with Gasteiger partial charge in [0.25, 0.3) is 0 Å². The molecule has 0 radical (unpaired) electrons. The first-order valence-corrected chi connectivity index (χ1v) is 7.10. The summed E-state index contributed by atoms with van der Waals surface area (Å²) in [6, 6.07) is 6.63. The molecule has 106 valence electrons. The summed E-state index contributed by atoms with van der Waals surface area (Å²) in [7, 11) is 1.74. The van der Waals surface area contributed by atoms with Crippen molar-refractivity contribution in [3.63, 3.8) is 0 Å². The van der Waals surface area contributed by atoms with Crippen LogP contribution in [0.15, 0.2) is 18.2 Å². The standard InChI is InChI=1S/C16H25NO2/c1-12-4-5-13(2)15(10-12)16-14(6-8-19-16)11-17-7-9-18-3/h4-5,10,14,16-17H,6-9,11H2,1-3H3. The van der Waals surface area contributed by atoms with Gasteiger partial charge >= 0.3 is 0 Å². The molecule has 1 aliphatic heterocycles. The Morgan fingerprint density at radius 1 is 1.37 bits per heavy atom. The van der Waals surface area contributed by atoms with Gasteiger partial charge in [-0.25, -0.2) is 0 Å². The molecule has 0 aromatic heterocycles. The van der Waals surface area contributed by atoms with E-state index in [1.807, 2.05) is 0 Å². The first-order chi connectivity index (χ1) is 9.22. The van der Waals surface area contributed by atoms with Gasteiger partial charge in [0.05, 0.1) is 12.7 Å². The minimum atomic E-state index is 0.245. The van der Waals surface area contributed by atoms with Crippen molar-refractivity contribution in [2.24, 2.45) is 5.92 Å². The molecule has 2 rings (SSSR count). The molecule has 1 N–H and O–H groups in total. The maximum Gasteiger partial charge on any atom is 0.0868 e. The minimum Gasteiger partial charge on any atom is -0.383 e. The molecule has 0 bridgehead atoms. The van der Waals surface area contributed by atoms with Crippen LogP contribution in [-0.2, 0) is 9.47 Å². The second-order valence-electron chi connectivity index (χ2n) is 5.40. The summed E-state index contributed by atoms with van der Waals surface area (Å²) in [5.74, 6) is 0.567. The second kappa shape index (κ2) is 7.04. The highest BCUT2D eigenvalue weighted by Gasteiger charge is 2.30. The third-order valence-corrected chi connectivity index (χ3v) is 3.84. The number of ether oxygens (including phenoxy) is 2. The summed E-state index contributed by atoms with van der Waals surface area (Å²) in [6.07, 6.45) is 1.38. The Morgan fingerprint density at radius 2 is 2.21 bits per heavy atom. The second-order valence-corrected chi connectivity index (χ2v) is 5.40. The first kappa shape index (κ1) is 14.5. The van der Waals surface area contributed by atoms with Crippen LogP contribution >= 0.6 is 0 Å². The Morgan fingerprint density at radius 3 is 3.00 bits per heavy atom. The summed E-state index contributed by atoms with van der Waals surface area (Å²) in [5.41, 5.74) is 4.00. The van der Waals surface area contributed by atoms with E-state index >= 15 is 0 Å². The van der Waals surface area contributed by atoms with Gasteiger partial charge in [-0.15, -0.1) is 0 Å². The van der Waals surface area contributed by atoms with Crippen molar-refractivity contribution in [1.29, 1.82) is 0 Å². The predicted molar refractivity (Wildman–Crippen MR) is 77.5 cm³/mol. The lowest BCUT2D eigenvalue weighted by atomic mass is 9.91. The highest BCUT2D eigenvalue weighted by atomic mass is 16.5. The first-order valence-electron chi connectivity index (χ1n) is 7.10. The summed E-state index contributed by atoms with van der Waals surface area (Å²) < 4.78 is 11.0. The van der Waals surface area contributed by atoms with Crippen LogP contribution in [0, 0.1) is 19.8 Å². The van der Waals surface area contributed by atoms with Crippen molar-refractivity contribution in [1.82, 2.24) is 5.32 Å². The van der Waals surface area contributed by atoms with Crippen LogP contribution < -0.4 is 5.32 Å². The Hall–Kier alpha value is -0.900. The van der Waals surface area contributed by atoms with Crippen molar-refractivity contribution >= 4 is 0 Å². The average molecular weight is 263 g/mol. The molecule has 1 aromatic rings. The van der Waals surface area contributed by atoms with Crippen molar-refractivity contribution < 1.29 is 9.47 Å². The normalized spacial score (nSPS) is 22.9. The largest absolute Gasteiger partial charge is 0.383 e. The van der Waals surface area contributed by atoms with E-state index in [2.05, 4.69) is 37.4 Å². The molecule has 0 saturated carbocycles. The summed E-state index contributed by atoms with van der Waals surface area (Å²) in [4.78, 5) is 0. The van der Waals surface area contributed by atoms with Gasteiger partial charge in [0, 0.05) is 32.7 Å². The van der Waals surface area contributed by atoms with Crippen LogP contribution in [-0.4, -0.2) is 33.4 Å². The SMILES string of the molecule is COCCNCC1CCOC1c1cc(C)ccc1C. The fourth-order valence-corrected chi connectivity index (χ4v) is 2.71. The fraction of sp³-hybridized carbons (Fsp3) is 0.625. The zero-order valence-electron chi connectivity index (χ0n) is 12.2. The Bertz CT molecular complexity index is 406. The third kappa shape index (κ3) is 3.78. The van der Waals surface area contributed by atoms with Gasteiger partial charge in [-0.3, -0.25) is 0 Å². The minimum absolute atomic E-state index is 0.245. The van der Waals surface area contributed by atoms with E-state index in [-0.39, 0.29) is 6.10 Å². The van der Waals surface area contributed by atoms with Crippen LogP contribution in [0.3, 0.4) is 0 Å². The lowest BCUT2D eigenvalue weighted by Crippen LogP contribution is -2.27. The number of rotatable bonds is 6. The zero-order chi connectivity index (χ0) is 13.7. The monoisotopic (exact) mass is 263 g/mol. The van der Waals surface area contributed by atoms with Gasteiger partial charge < -0.3 is 14.8 Å². The fourth-order valence-electron chi connectivity index (χ4n) is 2.71. The molecular formula is C16H25NO2. The zero-order valence-corrected chi connectivity index (χ0v) is 12.2. The molecule has 0 aliphatic carbocycles. The summed E-state index contributed by atoms with van der Waals surface area (Å²) in [5, 5.41) is 3.46. The van der Waals surface area contributed by atoms with Gasteiger partial charge in [0.1, 0.15) is 0 Å². The molecule has 3 nitrogen and oxygen atoms in total. The van der Waals surface area contributed by atoms with Gasteiger partial charge in [-0.1, -0.05) is 23.8 Å². The number of benzene rings is 1. The molecule has 1 fully saturated rings. The van der Waals surface area contributed by atoms with Crippen molar-refractivity contribution in [2.45, 2.75) is 26.4 Å². The Balaban J connectivity index is 1.99. The molecule has 1 saturated heterocycles. The van der Waals surface area contributed by atoms with E-state index in [1.165, 1.54) is 16.7 Å². The van der Waals surface area contributed by atoms with Gasteiger partial charge in [0.2, 0.25) is 0 Å². The molecule has 2 unspecified atom stereocenters. The smallest absolute Gasteiger partial charge is 0.0868 e. The lowest BCUT2D eigenvalue weighted by Gasteiger charge is -2.21. The molecule has 1 heterocycles. The molecule has 19 heavy (non-hydrogen) atoms. The quantitative estimate of drug-likeness (QED) is 0.800. The molecule has 1 aromatic carbocycles. The van der Waals surface area contributed by atoms with E-state index in [0.717, 1.165) is 32.7 Å². The van der Waals surface area contributed by atoms with E-state index in [1.54, 1.807) is 7.11 Å². The number of nitrogens with one attached hydrogen (secondary N) is 1. The molecule has 0 amide bonds. The van der Waals surface area contributed by atoms with E-state index in [4.69, 9.17) is 9.47 Å². The van der Waals surface area contributed by atoms with Gasteiger partial charge in [0.15, 0.2) is 0 Å². The van der Waals surface area contributed by atoms with Crippen molar-refractivity contribution in [3.8, 4) is 0 Å². The molecule has 1 aliphatic rings. The number of aryl methyl sites for hydroxylation is 2. The molecular weight excluding hydrogens is 238 g/mol. The number of methoxy groups -OCH3 is 1. The van der Waals surface area contributed by atoms with Crippen molar-refractivity contribution in [3.05, 3.63) is 34.9 Å². The Kier molecular flexibility index (Phi) is 5.37. The summed E-state index contributed by atoms with van der Waals surface area (Å²) in [6.45, 7) is 7.86. The highest BCUT2D eigenvalue weighted by molar-refractivity contribution is 5.33. The maximum atomic E-state index is 5.97. The topological polar surface area (TPSA) is 30.5 Å². The van der Waals surface area contributed by atoms with Crippen molar-refractivity contribution in [2.75, 3.05) is 33.4 Å². The van der Waals surface area contributed by atoms with E-state index < -0.39 is 0 Å². The van der Waals surface area contributed by atoms with Gasteiger partial charge in [-0.05, 0) is 31.4 Å². The van der Waals surface area contributed by atoms with Crippen LogP contribution in [0.1, 0.15) is 29.2 Å². The van der Waals surface area contributed by atoms with E-state index in [0.29, 0.717) is 5.92 Å². The highest BCUT2D eigenvalue weighted by Crippen LogP contribution is 2.36. The number of hydrogen-bond donors (Lipinski definition) is 1. The number of hydrogen-bond acceptors (Lipinski definition) is 3. The Labute approximate surface area is 116 Å². The van der Waals surface area contributed by atoms with E-state index in [9.17, 15) is 0 Å². The molecule has 0 spiro atoms. The molecule has 2 atom stereocenters. The third-order valence-electron chi connectivity index (χ3n) is 3.84. The van der Waals surface area contributed by atoms with Crippen LogP contribution in [0.5, 0.6) is 0 Å². The van der Waals surface area contributed by atoms with Crippen LogP contribution in [0.4, 0.5) is 0 Å². The maximum absolute atomic E-state index is 5.97. The van der Waals surface area contributed by atoms with Crippen LogP contribution in [0.2, 0.25) is 0 Å². The van der Waals surface area contributed by atoms with Crippen LogP contribution in [0.25, 0.3) is 0 Å². The summed E-state index contributed by atoms with van der Waals surface area (Å²) >= 11 is 0. The van der Waals surface area contributed by atoms with Gasteiger partial charge in [-0.2, -0.15) is 0 Å².